The molecule has 0 aromatic carbocycles. The van der Waals surface area contributed by atoms with Crippen LogP contribution in [-0.2, 0) is 19.3 Å². The van der Waals surface area contributed by atoms with Gasteiger partial charge >= 0.3 is 6.18 Å². The van der Waals surface area contributed by atoms with E-state index in [-0.39, 0.29) is 33.6 Å². The van der Waals surface area contributed by atoms with Crippen LogP contribution in [0.15, 0.2) is 17.1 Å². The number of rotatable bonds is 6. The molecule has 2 saturated heterocycles. The highest BCUT2D eigenvalue weighted by Crippen LogP contribution is 2.43. The Labute approximate surface area is 207 Å². The van der Waals surface area contributed by atoms with Gasteiger partial charge in [0.05, 0.1) is 6.20 Å². The minimum Gasteiger partial charge on any atom is -0.355 e. The van der Waals surface area contributed by atoms with E-state index in [1.54, 1.807) is 9.47 Å². The molecule has 1 saturated carbocycles. The van der Waals surface area contributed by atoms with Gasteiger partial charge in [-0.1, -0.05) is 0 Å². The van der Waals surface area contributed by atoms with Crippen molar-refractivity contribution >= 4 is 22.8 Å². The average Bonchev–Trinajstić information content (AvgIpc) is 3.35. The fourth-order valence-electron chi connectivity index (χ4n) is 5.42. The first-order valence-electron chi connectivity index (χ1n) is 12.2. The van der Waals surface area contributed by atoms with E-state index in [2.05, 4.69) is 20.1 Å². The molecule has 3 aromatic heterocycles. The van der Waals surface area contributed by atoms with Gasteiger partial charge in [-0.25, -0.2) is 23.4 Å². The van der Waals surface area contributed by atoms with Gasteiger partial charge in [0.2, 0.25) is 5.95 Å². The Morgan fingerprint density at radius 2 is 1.84 bits per heavy atom. The number of hydrogen-bond donors (Lipinski definition) is 0. The molecule has 1 aliphatic carbocycles. The van der Waals surface area contributed by atoms with E-state index in [1.807, 2.05) is 4.90 Å². The molecule has 0 N–H and O–H groups in total. The predicted molar refractivity (Wildman–Crippen MR) is 124 cm³/mol. The zero-order chi connectivity index (χ0) is 26.1. The maximum atomic E-state index is 13.3. The van der Waals surface area contributed by atoms with E-state index in [1.165, 1.54) is 13.1 Å². The largest absolute Gasteiger partial charge is 0.433 e. The maximum absolute atomic E-state index is 13.3. The number of aryl methyl sites for hydroxylation is 1. The summed E-state index contributed by atoms with van der Waals surface area (Å²) < 4.78 is 68.5. The lowest BCUT2D eigenvalue weighted by atomic mass is 9.79. The number of anilines is 2. The molecule has 2 aliphatic heterocycles. The highest BCUT2D eigenvalue weighted by Gasteiger charge is 2.49. The van der Waals surface area contributed by atoms with Crippen molar-refractivity contribution in [2.45, 2.75) is 51.9 Å². The van der Waals surface area contributed by atoms with Crippen LogP contribution < -0.4 is 15.4 Å². The Morgan fingerprint density at radius 3 is 2.51 bits per heavy atom. The zero-order valence-electron chi connectivity index (χ0n) is 20.0. The number of alkyl halides is 5. The van der Waals surface area contributed by atoms with E-state index in [4.69, 9.17) is 0 Å². The molecule has 198 valence electrons. The van der Waals surface area contributed by atoms with E-state index >= 15 is 0 Å². The average molecular weight is 524 g/mol. The smallest absolute Gasteiger partial charge is 0.355 e. The van der Waals surface area contributed by atoms with Crippen LogP contribution in [-0.4, -0.2) is 61.9 Å². The van der Waals surface area contributed by atoms with Gasteiger partial charge in [0.15, 0.2) is 5.65 Å². The lowest BCUT2D eigenvalue weighted by Crippen LogP contribution is -2.58. The molecular formula is C23H25F5N8O. The normalized spacial score (nSPS) is 19.4. The summed E-state index contributed by atoms with van der Waals surface area (Å²) in [7, 11) is 0. The Morgan fingerprint density at radius 1 is 1.11 bits per heavy atom. The van der Waals surface area contributed by atoms with Crippen LogP contribution in [0.1, 0.15) is 30.8 Å². The summed E-state index contributed by atoms with van der Waals surface area (Å²) in [5, 5.41) is 4.19. The molecule has 0 atom stereocenters. The Hall–Kier alpha value is -3.32. The van der Waals surface area contributed by atoms with E-state index in [0.717, 1.165) is 30.0 Å². The van der Waals surface area contributed by atoms with Crippen molar-refractivity contribution in [2.24, 2.45) is 11.3 Å². The summed E-state index contributed by atoms with van der Waals surface area (Å²) in [4.78, 5) is 29.5. The van der Waals surface area contributed by atoms with Gasteiger partial charge in [-0.15, -0.1) is 0 Å². The van der Waals surface area contributed by atoms with Gasteiger partial charge in [0, 0.05) is 44.2 Å². The van der Waals surface area contributed by atoms with Crippen LogP contribution in [0.5, 0.6) is 0 Å². The first-order valence-corrected chi connectivity index (χ1v) is 12.2. The van der Waals surface area contributed by atoms with Crippen LogP contribution in [0.25, 0.3) is 11.0 Å². The second-order valence-electron chi connectivity index (χ2n) is 10.4. The first-order chi connectivity index (χ1) is 17.5. The van der Waals surface area contributed by atoms with Crippen LogP contribution in [0.2, 0.25) is 0 Å². The summed E-state index contributed by atoms with van der Waals surface area (Å²) in [5.74, 6) is 1.12. The van der Waals surface area contributed by atoms with Gasteiger partial charge in [-0.2, -0.15) is 23.3 Å². The molecule has 6 rings (SSSR count). The predicted octanol–water partition coefficient (Wildman–Crippen LogP) is 3.10. The van der Waals surface area contributed by atoms with Gasteiger partial charge < -0.3 is 9.80 Å². The topological polar surface area (TPSA) is 85.0 Å². The van der Waals surface area contributed by atoms with Crippen LogP contribution >= 0.6 is 0 Å². The third kappa shape index (κ3) is 4.39. The third-order valence-corrected chi connectivity index (χ3v) is 7.40. The SMILES string of the molecule is Cc1nc(N2CC3(CCN(c4nc5c(cnn5CC(F)F)c(=O)n4CC4CC4)C3)C2)cc(C(F)(F)F)n1. The highest BCUT2D eigenvalue weighted by molar-refractivity contribution is 5.75. The molecular weight excluding hydrogens is 499 g/mol. The maximum Gasteiger partial charge on any atom is 0.433 e. The Bertz CT molecular complexity index is 1410. The minimum atomic E-state index is -4.55. The summed E-state index contributed by atoms with van der Waals surface area (Å²) in [6.07, 6.45) is -3.10. The lowest BCUT2D eigenvalue weighted by Gasteiger charge is -2.48. The molecule has 9 nitrogen and oxygen atoms in total. The fraction of sp³-hybridized carbons (Fsp3) is 0.609. The molecule has 3 fully saturated rings. The minimum absolute atomic E-state index is 0.0563. The second-order valence-corrected chi connectivity index (χ2v) is 10.4. The number of hydrogen-bond acceptors (Lipinski definition) is 7. The Balaban J connectivity index is 1.27. The van der Waals surface area contributed by atoms with E-state index in [0.29, 0.717) is 44.6 Å². The molecule has 0 unspecified atom stereocenters. The van der Waals surface area contributed by atoms with Crippen LogP contribution in [0.4, 0.5) is 33.7 Å². The molecule has 37 heavy (non-hydrogen) atoms. The molecule has 1 spiro atoms. The highest BCUT2D eigenvalue weighted by atomic mass is 19.4. The van der Waals surface area contributed by atoms with Gasteiger partial charge in [-0.05, 0) is 32.1 Å². The first kappa shape index (κ1) is 24.0. The molecule has 0 bridgehead atoms. The molecule has 14 heteroatoms. The molecule has 3 aliphatic rings. The van der Waals surface area contributed by atoms with Crippen molar-refractivity contribution in [3.05, 3.63) is 34.1 Å². The second kappa shape index (κ2) is 8.35. The molecule has 5 heterocycles. The molecule has 0 amide bonds. The summed E-state index contributed by atoms with van der Waals surface area (Å²) >= 11 is 0. The van der Waals surface area contributed by atoms with Crippen molar-refractivity contribution in [3.8, 4) is 0 Å². The van der Waals surface area contributed by atoms with Crippen molar-refractivity contribution in [3.63, 3.8) is 0 Å². The summed E-state index contributed by atoms with van der Waals surface area (Å²) in [6, 6.07) is 0.972. The summed E-state index contributed by atoms with van der Waals surface area (Å²) in [6.45, 7) is 3.45. The number of fused-ring (bicyclic) bond motifs is 1. The van der Waals surface area contributed by atoms with Crippen LogP contribution in [0, 0.1) is 18.3 Å². The van der Waals surface area contributed by atoms with Crippen molar-refractivity contribution in [2.75, 3.05) is 36.0 Å². The van der Waals surface area contributed by atoms with E-state index in [9.17, 15) is 26.7 Å². The summed E-state index contributed by atoms with van der Waals surface area (Å²) in [5.41, 5.74) is -1.32. The monoisotopic (exact) mass is 524 g/mol. The Kier molecular flexibility index (Phi) is 5.42. The quantitative estimate of drug-likeness (QED) is 0.458. The van der Waals surface area contributed by atoms with E-state index < -0.39 is 24.8 Å². The number of halogens is 5. The van der Waals surface area contributed by atoms with Gasteiger partial charge in [-0.3, -0.25) is 9.36 Å². The van der Waals surface area contributed by atoms with Crippen molar-refractivity contribution in [1.82, 2.24) is 29.3 Å². The lowest BCUT2D eigenvalue weighted by molar-refractivity contribution is -0.141. The van der Waals surface area contributed by atoms with Gasteiger partial charge in [0.1, 0.15) is 29.3 Å². The number of aromatic nitrogens is 6. The zero-order valence-corrected chi connectivity index (χ0v) is 20.0. The van der Waals surface area contributed by atoms with Crippen LogP contribution in [0.3, 0.4) is 0 Å². The molecule has 3 aromatic rings. The standard InChI is InChI=1S/C23H25F5N8O/c1-13-30-16(23(26,27)28)6-18(31-13)34-11-22(12-34)4-5-33(10-22)21-32-19-15(7-29-36(19)9-17(24)25)20(37)35(21)8-14-2-3-14/h6-7,14,17H,2-5,8-12H2,1H3. The fourth-order valence-corrected chi connectivity index (χ4v) is 5.42. The third-order valence-electron chi connectivity index (χ3n) is 7.40. The van der Waals surface area contributed by atoms with Gasteiger partial charge in [0.25, 0.3) is 12.0 Å². The van der Waals surface area contributed by atoms with Crippen molar-refractivity contribution < 1.29 is 22.0 Å². The molecule has 0 radical (unpaired) electrons. The number of nitrogens with zero attached hydrogens (tertiary/aromatic N) is 8. The van der Waals surface area contributed by atoms with Crippen molar-refractivity contribution in [1.29, 1.82) is 0 Å².